The van der Waals surface area contributed by atoms with E-state index < -0.39 is 0 Å². The molecule has 2 heterocycles. The molecule has 0 radical (unpaired) electrons. The fourth-order valence-electron chi connectivity index (χ4n) is 1.82. The molecule has 0 aliphatic carbocycles. The lowest BCUT2D eigenvalue weighted by atomic mass is 10.1. The molecule has 0 saturated carbocycles. The molecule has 0 aliphatic rings. The predicted octanol–water partition coefficient (Wildman–Crippen LogP) is 1.83. The van der Waals surface area contributed by atoms with Crippen molar-refractivity contribution in [1.82, 2.24) is 15.2 Å². The average Bonchev–Trinajstić information content (AvgIpc) is 2.89. The first kappa shape index (κ1) is 11.3. The Morgan fingerprint density at radius 1 is 1.62 bits per heavy atom. The minimum Gasteiger partial charge on any atom is -0.270 e. The van der Waals surface area contributed by atoms with Crippen LogP contribution in [0, 0.1) is 6.92 Å². The number of nitrogens with zero attached hydrogens (tertiary/aromatic N) is 2. The van der Waals surface area contributed by atoms with Crippen LogP contribution in [-0.4, -0.2) is 9.78 Å². The van der Waals surface area contributed by atoms with Crippen molar-refractivity contribution in [2.45, 2.75) is 26.4 Å². The third-order valence-electron chi connectivity index (χ3n) is 2.52. The van der Waals surface area contributed by atoms with E-state index in [-0.39, 0.29) is 6.04 Å². The van der Waals surface area contributed by atoms with E-state index in [1.165, 1.54) is 4.88 Å². The first-order valence-electron chi connectivity index (χ1n) is 5.30. The van der Waals surface area contributed by atoms with Crippen molar-refractivity contribution >= 4 is 11.3 Å². The Labute approximate surface area is 99.1 Å². The number of hydrogen-bond acceptors (Lipinski definition) is 4. The van der Waals surface area contributed by atoms with Gasteiger partial charge in [-0.15, -0.1) is 11.3 Å². The van der Waals surface area contributed by atoms with Crippen LogP contribution in [0.4, 0.5) is 0 Å². The Balaban J connectivity index is 2.40. The molecule has 86 valence electrons. The van der Waals surface area contributed by atoms with Crippen molar-refractivity contribution in [3.63, 3.8) is 0 Å². The van der Waals surface area contributed by atoms with Gasteiger partial charge in [-0.05, 0) is 31.4 Å². The van der Waals surface area contributed by atoms with Crippen molar-refractivity contribution in [2.75, 3.05) is 0 Å². The van der Waals surface area contributed by atoms with Gasteiger partial charge in [0, 0.05) is 11.4 Å². The summed E-state index contributed by atoms with van der Waals surface area (Å²) in [6.07, 6.45) is 0. The molecule has 3 N–H and O–H groups in total. The SMILES string of the molecule is CCn1nc(C)cc1C(NN)c1cccs1. The van der Waals surface area contributed by atoms with Crippen LogP contribution in [0.25, 0.3) is 0 Å². The van der Waals surface area contributed by atoms with E-state index in [0.29, 0.717) is 0 Å². The zero-order chi connectivity index (χ0) is 11.5. The summed E-state index contributed by atoms with van der Waals surface area (Å²) < 4.78 is 1.99. The van der Waals surface area contributed by atoms with Gasteiger partial charge in [-0.25, -0.2) is 5.43 Å². The largest absolute Gasteiger partial charge is 0.270 e. The lowest BCUT2D eigenvalue weighted by Gasteiger charge is -2.15. The predicted molar refractivity (Wildman–Crippen MR) is 66.1 cm³/mol. The summed E-state index contributed by atoms with van der Waals surface area (Å²) in [6, 6.07) is 6.22. The molecule has 0 aliphatic heterocycles. The summed E-state index contributed by atoms with van der Waals surface area (Å²) in [6.45, 7) is 4.93. The molecule has 5 heteroatoms. The maximum Gasteiger partial charge on any atom is 0.0970 e. The van der Waals surface area contributed by atoms with Gasteiger partial charge in [0.05, 0.1) is 17.4 Å². The fourth-order valence-corrected chi connectivity index (χ4v) is 2.62. The molecule has 2 aromatic heterocycles. The molecule has 0 spiro atoms. The Hall–Kier alpha value is -1.17. The van der Waals surface area contributed by atoms with Crippen molar-refractivity contribution in [3.8, 4) is 0 Å². The summed E-state index contributed by atoms with van der Waals surface area (Å²) in [4.78, 5) is 1.21. The number of nitrogens with one attached hydrogen (secondary N) is 1. The van der Waals surface area contributed by atoms with Gasteiger partial charge in [0.25, 0.3) is 0 Å². The molecule has 0 aromatic carbocycles. The third kappa shape index (κ3) is 2.02. The van der Waals surface area contributed by atoms with Crippen molar-refractivity contribution < 1.29 is 0 Å². The highest BCUT2D eigenvalue weighted by Gasteiger charge is 2.18. The van der Waals surface area contributed by atoms with Gasteiger partial charge in [-0.2, -0.15) is 5.10 Å². The lowest BCUT2D eigenvalue weighted by molar-refractivity contribution is 0.547. The van der Waals surface area contributed by atoms with Gasteiger partial charge >= 0.3 is 0 Å². The molecular weight excluding hydrogens is 220 g/mol. The van der Waals surface area contributed by atoms with Crippen LogP contribution in [0.5, 0.6) is 0 Å². The molecule has 2 aromatic rings. The van der Waals surface area contributed by atoms with Crippen LogP contribution in [-0.2, 0) is 6.54 Å². The van der Waals surface area contributed by atoms with E-state index in [0.717, 1.165) is 17.9 Å². The van der Waals surface area contributed by atoms with Crippen LogP contribution in [0.1, 0.15) is 29.2 Å². The van der Waals surface area contributed by atoms with Crippen molar-refractivity contribution in [1.29, 1.82) is 0 Å². The molecule has 0 fully saturated rings. The lowest BCUT2D eigenvalue weighted by Crippen LogP contribution is -2.30. The summed E-state index contributed by atoms with van der Waals surface area (Å²) in [5.74, 6) is 5.64. The van der Waals surface area contributed by atoms with E-state index in [1.54, 1.807) is 11.3 Å². The molecule has 0 bridgehead atoms. The zero-order valence-electron chi connectivity index (χ0n) is 9.47. The number of nitrogens with two attached hydrogens (primary N) is 1. The van der Waals surface area contributed by atoms with Gasteiger partial charge in [-0.1, -0.05) is 6.07 Å². The second-order valence-electron chi connectivity index (χ2n) is 3.64. The fraction of sp³-hybridized carbons (Fsp3) is 0.364. The van der Waals surface area contributed by atoms with E-state index in [4.69, 9.17) is 5.84 Å². The maximum absolute atomic E-state index is 5.64. The number of rotatable bonds is 4. The smallest absolute Gasteiger partial charge is 0.0970 e. The quantitative estimate of drug-likeness (QED) is 0.629. The summed E-state index contributed by atoms with van der Waals surface area (Å²) in [5.41, 5.74) is 5.00. The van der Waals surface area contributed by atoms with E-state index in [9.17, 15) is 0 Å². The Morgan fingerprint density at radius 3 is 3.00 bits per heavy atom. The van der Waals surface area contributed by atoms with Crippen LogP contribution in [0.3, 0.4) is 0 Å². The second kappa shape index (κ2) is 4.78. The Kier molecular flexibility index (Phi) is 3.38. The number of hydrogen-bond donors (Lipinski definition) is 2. The third-order valence-corrected chi connectivity index (χ3v) is 3.46. The average molecular weight is 236 g/mol. The van der Waals surface area contributed by atoms with Crippen LogP contribution < -0.4 is 11.3 Å². The Bertz CT molecular complexity index is 447. The number of aryl methyl sites for hydroxylation is 2. The topological polar surface area (TPSA) is 55.9 Å². The minimum absolute atomic E-state index is 0.0288. The van der Waals surface area contributed by atoms with Gasteiger partial charge in [0.1, 0.15) is 0 Å². The highest BCUT2D eigenvalue weighted by atomic mass is 32.1. The Morgan fingerprint density at radius 2 is 2.44 bits per heavy atom. The first-order chi connectivity index (χ1) is 7.76. The normalized spacial score (nSPS) is 12.9. The molecule has 0 amide bonds. The number of hydrazine groups is 1. The summed E-state index contributed by atoms with van der Waals surface area (Å²) in [7, 11) is 0. The molecule has 1 atom stereocenters. The minimum atomic E-state index is 0.0288. The highest BCUT2D eigenvalue weighted by Crippen LogP contribution is 2.25. The van der Waals surface area contributed by atoms with Gasteiger partial charge in [0.2, 0.25) is 0 Å². The highest BCUT2D eigenvalue weighted by molar-refractivity contribution is 7.10. The standard InChI is InChI=1S/C11H16N4S/c1-3-15-9(7-8(2)14-15)11(13-12)10-5-4-6-16-10/h4-7,11,13H,3,12H2,1-2H3. The van der Waals surface area contributed by atoms with Crippen LogP contribution in [0.2, 0.25) is 0 Å². The van der Waals surface area contributed by atoms with E-state index in [1.807, 2.05) is 17.7 Å². The monoisotopic (exact) mass is 236 g/mol. The number of thiophene rings is 1. The molecule has 0 saturated heterocycles. The summed E-state index contributed by atoms with van der Waals surface area (Å²) >= 11 is 1.70. The molecule has 4 nitrogen and oxygen atoms in total. The number of aromatic nitrogens is 2. The summed E-state index contributed by atoms with van der Waals surface area (Å²) in [5, 5.41) is 6.49. The molecule has 1 unspecified atom stereocenters. The van der Waals surface area contributed by atoms with Crippen molar-refractivity contribution in [2.24, 2.45) is 5.84 Å². The molecular formula is C11H16N4S. The van der Waals surface area contributed by atoms with Crippen molar-refractivity contribution in [3.05, 3.63) is 39.8 Å². The zero-order valence-corrected chi connectivity index (χ0v) is 10.3. The van der Waals surface area contributed by atoms with Gasteiger partial charge < -0.3 is 0 Å². The molecule has 2 rings (SSSR count). The first-order valence-corrected chi connectivity index (χ1v) is 6.18. The maximum atomic E-state index is 5.64. The van der Waals surface area contributed by atoms with Crippen LogP contribution >= 0.6 is 11.3 Å². The van der Waals surface area contributed by atoms with Gasteiger partial charge in [-0.3, -0.25) is 10.5 Å². The van der Waals surface area contributed by atoms with E-state index in [2.05, 4.69) is 35.0 Å². The van der Waals surface area contributed by atoms with Crippen LogP contribution in [0.15, 0.2) is 23.6 Å². The molecule has 16 heavy (non-hydrogen) atoms. The van der Waals surface area contributed by atoms with Gasteiger partial charge in [0.15, 0.2) is 0 Å². The van der Waals surface area contributed by atoms with E-state index >= 15 is 0 Å². The second-order valence-corrected chi connectivity index (χ2v) is 4.62.